The number of aryl methyl sites for hydroxylation is 1. The van der Waals surface area contributed by atoms with Crippen LogP contribution in [-0.2, 0) is 32.6 Å². The fourth-order valence-corrected chi connectivity index (χ4v) is 7.06. The number of hydrogen-bond acceptors (Lipinski definition) is 4. The van der Waals surface area contributed by atoms with Gasteiger partial charge in [-0.25, -0.2) is 8.42 Å². The highest BCUT2D eigenvalue weighted by atomic mass is 79.9. The Bertz CT molecular complexity index is 1740. The van der Waals surface area contributed by atoms with E-state index in [1.54, 1.807) is 36.4 Å². The fraction of sp³-hybridized carbons (Fsp3) is 0.316. The van der Waals surface area contributed by atoms with Crippen molar-refractivity contribution in [3.05, 3.63) is 130 Å². The molecule has 0 aliphatic carbocycles. The maximum atomic E-state index is 14.6. The van der Waals surface area contributed by atoms with Gasteiger partial charge in [-0.1, -0.05) is 116 Å². The van der Waals surface area contributed by atoms with Gasteiger partial charge in [0.05, 0.1) is 10.6 Å². The zero-order valence-corrected chi connectivity index (χ0v) is 30.1. The SMILES string of the molecule is Cc1ccc(S(=O)(=O)N(CC(=O)N(Cc2cccc(Br)c2)C(Cc2ccccc2)C(=O)NCC(C)C)c2ccc(C(C)C)cc2)cc1. The summed E-state index contributed by atoms with van der Waals surface area (Å²) in [6.45, 7) is 10.1. The lowest BCUT2D eigenvalue weighted by molar-refractivity contribution is -0.140. The number of rotatable bonds is 14. The highest BCUT2D eigenvalue weighted by Crippen LogP contribution is 2.27. The number of carbonyl (C=O) groups is 2. The Labute approximate surface area is 288 Å². The molecule has 9 heteroatoms. The molecule has 0 bridgehead atoms. The molecule has 0 saturated carbocycles. The molecule has 7 nitrogen and oxygen atoms in total. The molecule has 4 rings (SSSR count). The van der Waals surface area contributed by atoms with Gasteiger partial charge in [-0.15, -0.1) is 0 Å². The molecule has 0 aromatic heterocycles. The first-order valence-corrected chi connectivity index (χ1v) is 18.1. The van der Waals surface area contributed by atoms with Crippen LogP contribution in [0.2, 0.25) is 0 Å². The van der Waals surface area contributed by atoms with Crippen molar-refractivity contribution in [1.82, 2.24) is 10.2 Å². The highest BCUT2D eigenvalue weighted by molar-refractivity contribution is 9.10. The summed E-state index contributed by atoms with van der Waals surface area (Å²) in [7, 11) is -4.16. The Morgan fingerprint density at radius 1 is 0.809 bits per heavy atom. The molecular formula is C38H44BrN3O4S. The molecular weight excluding hydrogens is 674 g/mol. The summed E-state index contributed by atoms with van der Waals surface area (Å²) >= 11 is 3.52. The van der Waals surface area contributed by atoms with Gasteiger partial charge in [0, 0.05) is 24.0 Å². The molecule has 248 valence electrons. The molecule has 0 spiro atoms. The summed E-state index contributed by atoms with van der Waals surface area (Å²) < 4.78 is 30.5. The van der Waals surface area contributed by atoms with E-state index in [1.165, 1.54) is 4.90 Å². The van der Waals surface area contributed by atoms with Gasteiger partial charge in [-0.3, -0.25) is 13.9 Å². The third-order valence-electron chi connectivity index (χ3n) is 7.93. The van der Waals surface area contributed by atoms with E-state index in [0.717, 1.165) is 31.0 Å². The number of halogens is 1. The minimum absolute atomic E-state index is 0.0814. The molecule has 47 heavy (non-hydrogen) atoms. The number of anilines is 1. The van der Waals surface area contributed by atoms with Gasteiger partial charge in [-0.2, -0.15) is 0 Å². The fourth-order valence-electron chi connectivity index (χ4n) is 5.20. The number of carbonyl (C=O) groups excluding carboxylic acids is 2. The summed E-state index contributed by atoms with van der Waals surface area (Å²) in [5, 5.41) is 3.02. The second kappa shape index (κ2) is 16.2. The molecule has 4 aromatic rings. The summed E-state index contributed by atoms with van der Waals surface area (Å²) in [5.41, 5.74) is 4.03. The largest absolute Gasteiger partial charge is 0.354 e. The van der Waals surface area contributed by atoms with Crippen molar-refractivity contribution < 1.29 is 18.0 Å². The van der Waals surface area contributed by atoms with Crippen LogP contribution in [0.4, 0.5) is 5.69 Å². The number of sulfonamides is 1. The summed E-state index contributed by atoms with van der Waals surface area (Å²) in [6, 6.07) is 30.1. The van der Waals surface area contributed by atoms with Crippen LogP contribution in [0.15, 0.2) is 112 Å². The minimum atomic E-state index is -4.16. The van der Waals surface area contributed by atoms with Crippen molar-refractivity contribution in [2.24, 2.45) is 5.92 Å². The minimum Gasteiger partial charge on any atom is -0.354 e. The third-order valence-corrected chi connectivity index (χ3v) is 10.2. The maximum absolute atomic E-state index is 14.6. The van der Waals surface area contributed by atoms with Gasteiger partial charge in [0.1, 0.15) is 12.6 Å². The van der Waals surface area contributed by atoms with Gasteiger partial charge in [0.25, 0.3) is 10.0 Å². The van der Waals surface area contributed by atoms with Crippen molar-refractivity contribution >= 4 is 43.5 Å². The summed E-state index contributed by atoms with van der Waals surface area (Å²) in [5.74, 6) is -0.333. The van der Waals surface area contributed by atoms with E-state index < -0.39 is 28.5 Å². The lowest BCUT2D eigenvalue weighted by Gasteiger charge is -2.34. The first-order chi connectivity index (χ1) is 22.3. The van der Waals surface area contributed by atoms with Crippen molar-refractivity contribution in [3.8, 4) is 0 Å². The molecule has 0 aliphatic rings. The lowest BCUT2D eigenvalue weighted by atomic mass is 10.0. The standard InChI is InChI=1S/C38H44BrN3O4S/c1-27(2)24-40-38(44)36(23-30-10-7-6-8-11-30)41(25-31-12-9-13-33(39)22-31)37(43)26-42(34-18-16-32(17-19-34)28(3)4)47(45,46)35-20-14-29(5)15-21-35/h6-22,27-28,36H,23-26H2,1-5H3,(H,40,44). The molecule has 0 aliphatic heterocycles. The van der Waals surface area contributed by atoms with E-state index in [1.807, 2.05) is 87.5 Å². The lowest BCUT2D eigenvalue weighted by Crippen LogP contribution is -2.53. The van der Waals surface area contributed by atoms with Crippen LogP contribution in [0, 0.1) is 12.8 Å². The molecule has 0 heterocycles. The monoisotopic (exact) mass is 717 g/mol. The van der Waals surface area contributed by atoms with Crippen LogP contribution in [-0.4, -0.2) is 44.3 Å². The van der Waals surface area contributed by atoms with Gasteiger partial charge in [0.2, 0.25) is 11.8 Å². The van der Waals surface area contributed by atoms with Crippen molar-refractivity contribution in [1.29, 1.82) is 0 Å². The van der Waals surface area contributed by atoms with Gasteiger partial charge in [0.15, 0.2) is 0 Å². The predicted octanol–water partition coefficient (Wildman–Crippen LogP) is 7.49. The van der Waals surface area contributed by atoms with Crippen LogP contribution in [0.3, 0.4) is 0 Å². The zero-order valence-electron chi connectivity index (χ0n) is 27.7. The molecule has 2 amide bonds. The highest BCUT2D eigenvalue weighted by Gasteiger charge is 2.34. The van der Waals surface area contributed by atoms with Gasteiger partial charge >= 0.3 is 0 Å². The topological polar surface area (TPSA) is 86.8 Å². The van der Waals surface area contributed by atoms with Gasteiger partial charge < -0.3 is 10.2 Å². The Kier molecular flexibility index (Phi) is 12.4. The Balaban J connectivity index is 1.81. The second-order valence-corrected chi connectivity index (χ2v) is 15.3. The molecule has 0 radical (unpaired) electrons. The second-order valence-electron chi connectivity index (χ2n) is 12.6. The van der Waals surface area contributed by atoms with E-state index in [4.69, 9.17) is 0 Å². The number of nitrogens with one attached hydrogen (secondary N) is 1. The summed E-state index contributed by atoms with van der Waals surface area (Å²) in [4.78, 5) is 30.1. The van der Waals surface area contributed by atoms with E-state index >= 15 is 0 Å². The van der Waals surface area contributed by atoms with Crippen molar-refractivity contribution in [2.45, 2.75) is 64.4 Å². The molecule has 4 aromatic carbocycles. The Morgan fingerprint density at radius 2 is 1.45 bits per heavy atom. The van der Waals surface area contributed by atoms with Crippen LogP contribution in [0.25, 0.3) is 0 Å². The summed E-state index contributed by atoms with van der Waals surface area (Å²) in [6.07, 6.45) is 0.262. The van der Waals surface area contributed by atoms with E-state index in [-0.39, 0.29) is 35.6 Å². The third kappa shape index (κ3) is 9.78. The first-order valence-electron chi connectivity index (χ1n) is 15.9. The number of nitrogens with zero attached hydrogens (tertiary/aromatic N) is 2. The number of amides is 2. The van der Waals surface area contributed by atoms with Crippen molar-refractivity contribution in [2.75, 3.05) is 17.4 Å². The Hall–Kier alpha value is -3.95. The zero-order chi connectivity index (χ0) is 34.1. The molecule has 0 saturated heterocycles. The molecule has 0 fully saturated rings. The molecule has 1 N–H and O–H groups in total. The molecule has 1 unspecified atom stereocenters. The average molecular weight is 719 g/mol. The number of benzene rings is 4. The first kappa shape index (κ1) is 35.9. The quantitative estimate of drug-likeness (QED) is 0.147. The number of hydrogen-bond donors (Lipinski definition) is 1. The van der Waals surface area contributed by atoms with Crippen LogP contribution in [0.5, 0.6) is 0 Å². The predicted molar refractivity (Wildman–Crippen MR) is 193 cm³/mol. The van der Waals surface area contributed by atoms with Crippen molar-refractivity contribution in [3.63, 3.8) is 0 Å². The van der Waals surface area contributed by atoms with Crippen LogP contribution in [0.1, 0.15) is 55.9 Å². The van der Waals surface area contributed by atoms with E-state index in [9.17, 15) is 18.0 Å². The normalized spacial score (nSPS) is 12.2. The average Bonchev–Trinajstić information content (AvgIpc) is 3.04. The van der Waals surface area contributed by atoms with E-state index in [2.05, 4.69) is 35.1 Å². The van der Waals surface area contributed by atoms with Crippen LogP contribution < -0.4 is 9.62 Å². The van der Waals surface area contributed by atoms with E-state index in [0.29, 0.717) is 12.2 Å². The van der Waals surface area contributed by atoms with Crippen LogP contribution >= 0.6 is 15.9 Å². The maximum Gasteiger partial charge on any atom is 0.264 e. The van der Waals surface area contributed by atoms with Gasteiger partial charge in [-0.05, 0) is 71.8 Å². The Morgan fingerprint density at radius 3 is 2.04 bits per heavy atom. The smallest absolute Gasteiger partial charge is 0.264 e. The molecule has 1 atom stereocenters.